The largest absolute Gasteiger partial charge is 0.490 e. The van der Waals surface area contributed by atoms with Crippen LogP contribution in [0.15, 0.2) is 30.5 Å². The van der Waals surface area contributed by atoms with Crippen LogP contribution in [-0.4, -0.2) is 59.6 Å². The zero-order valence-electron chi connectivity index (χ0n) is 17.6. The Morgan fingerprint density at radius 1 is 1.00 bits per heavy atom. The van der Waals surface area contributed by atoms with Crippen molar-refractivity contribution in [3.8, 4) is 5.75 Å². The van der Waals surface area contributed by atoms with Gasteiger partial charge in [0, 0.05) is 57.8 Å². The topological polar surface area (TPSA) is 37.7 Å². The molecule has 5 rings (SSSR count). The Hall–Kier alpha value is -2.01. The lowest BCUT2D eigenvalue weighted by Crippen LogP contribution is -2.45. The number of likely N-dealkylation sites (tertiary alicyclic amines) is 2. The summed E-state index contributed by atoms with van der Waals surface area (Å²) in [6.45, 7) is 5.36. The van der Waals surface area contributed by atoms with Crippen molar-refractivity contribution in [2.75, 3.05) is 33.2 Å². The first-order valence-electron chi connectivity index (χ1n) is 11.4. The van der Waals surface area contributed by atoms with E-state index in [1.165, 1.54) is 23.7 Å². The number of rotatable bonds is 6. The predicted octanol–water partition coefficient (Wildman–Crippen LogP) is 3.76. The third-order valence-electron chi connectivity index (χ3n) is 6.99. The van der Waals surface area contributed by atoms with Crippen molar-refractivity contribution in [1.82, 2.24) is 14.4 Å². The van der Waals surface area contributed by atoms with Gasteiger partial charge in [-0.15, -0.1) is 0 Å². The van der Waals surface area contributed by atoms with Gasteiger partial charge in [-0.25, -0.2) is 0 Å². The third-order valence-corrected chi connectivity index (χ3v) is 6.99. The molecule has 2 aromatic rings. The predicted molar refractivity (Wildman–Crippen MR) is 115 cm³/mol. The van der Waals surface area contributed by atoms with Crippen LogP contribution in [0.25, 0.3) is 10.9 Å². The molecule has 3 fully saturated rings. The molecule has 2 aliphatic heterocycles. The second kappa shape index (κ2) is 8.02. The highest BCUT2D eigenvalue weighted by atomic mass is 16.5. The van der Waals surface area contributed by atoms with Crippen LogP contribution in [0.5, 0.6) is 5.75 Å². The highest BCUT2D eigenvalue weighted by Crippen LogP contribution is 2.34. The van der Waals surface area contributed by atoms with Crippen LogP contribution in [0, 0.1) is 11.8 Å². The van der Waals surface area contributed by atoms with E-state index in [1.807, 2.05) is 11.9 Å². The maximum atomic E-state index is 11.7. The van der Waals surface area contributed by atoms with Gasteiger partial charge in [0.2, 0.25) is 5.91 Å². The van der Waals surface area contributed by atoms with Crippen LogP contribution in [0.3, 0.4) is 0 Å². The van der Waals surface area contributed by atoms with Gasteiger partial charge in [-0.3, -0.25) is 4.79 Å². The summed E-state index contributed by atoms with van der Waals surface area (Å²) < 4.78 is 8.88. The number of carbonyl (C=O) groups is 1. The molecule has 1 amide bonds. The molecule has 29 heavy (non-hydrogen) atoms. The molecular formula is C24H33N3O2. The molecule has 0 spiro atoms. The zero-order valence-corrected chi connectivity index (χ0v) is 17.6. The van der Waals surface area contributed by atoms with Crippen molar-refractivity contribution in [3.63, 3.8) is 0 Å². The Morgan fingerprint density at radius 3 is 2.59 bits per heavy atom. The van der Waals surface area contributed by atoms with Crippen molar-refractivity contribution < 1.29 is 9.53 Å². The summed E-state index contributed by atoms with van der Waals surface area (Å²) in [4.78, 5) is 16.2. The Labute approximate surface area is 173 Å². The second-order valence-electron chi connectivity index (χ2n) is 9.40. The molecule has 156 valence electrons. The molecule has 1 aromatic carbocycles. The fourth-order valence-corrected chi connectivity index (χ4v) is 5.04. The summed E-state index contributed by atoms with van der Waals surface area (Å²) in [5.41, 5.74) is 1.31. The fraction of sp³-hybridized carbons (Fsp3) is 0.625. The van der Waals surface area contributed by atoms with E-state index in [9.17, 15) is 4.79 Å². The monoisotopic (exact) mass is 395 g/mol. The van der Waals surface area contributed by atoms with Gasteiger partial charge in [0.25, 0.3) is 0 Å². The standard InChI is InChI=1S/C24H33N3O2/c1-25-15-19(7-8-24(25)28)16-26-12-9-20(10-13-26)29-23-4-2-3-22-21(23)11-14-27(22)17-18-5-6-18/h2-4,11,14,18-20H,5-10,12-13,15-17H2,1H3. The van der Waals surface area contributed by atoms with Crippen LogP contribution in [-0.2, 0) is 11.3 Å². The molecule has 1 aliphatic carbocycles. The van der Waals surface area contributed by atoms with Gasteiger partial charge in [0.1, 0.15) is 11.9 Å². The van der Waals surface area contributed by atoms with E-state index >= 15 is 0 Å². The van der Waals surface area contributed by atoms with Crippen LogP contribution in [0.2, 0.25) is 0 Å². The third kappa shape index (κ3) is 4.30. The van der Waals surface area contributed by atoms with E-state index in [2.05, 4.69) is 39.9 Å². The molecule has 5 nitrogen and oxygen atoms in total. The maximum Gasteiger partial charge on any atom is 0.222 e. The van der Waals surface area contributed by atoms with Gasteiger partial charge >= 0.3 is 0 Å². The molecule has 1 atom stereocenters. The molecular weight excluding hydrogens is 362 g/mol. The van der Waals surface area contributed by atoms with Crippen molar-refractivity contribution >= 4 is 16.8 Å². The highest BCUT2D eigenvalue weighted by Gasteiger charge is 2.28. The van der Waals surface area contributed by atoms with Crippen LogP contribution >= 0.6 is 0 Å². The van der Waals surface area contributed by atoms with E-state index in [-0.39, 0.29) is 0 Å². The normalized spacial score (nSPS) is 24.4. The number of amides is 1. The van der Waals surface area contributed by atoms with E-state index in [0.29, 0.717) is 24.3 Å². The van der Waals surface area contributed by atoms with Gasteiger partial charge in [-0.05, 0) is 62.1 Å². The maximum absolute atomic E-state index is 11.7. The van der Waals surface area contributed by atoms with Crippen LogP contribution in [0.1, 0.15) is 38.5 Å². The minimum Gasteiger partial charge on any atom is -0.490 e. The van der Waals surface area contributed by atoms with Gasteiger partial charge < -0.3 is 19.1 Å². The molecule has 1 saturated carbocycles. The summed E-state index contributed by atoms with van der Waals surface area (Å²) in [5, 5.41) is 1.26. The molecule has 0 radical (unpaired) electrons. The van der Waals surface area contributed by atoms with E-state index < -0.39 is 0 Å². The SMILES string of the molecule is CN1CC(CN2CCC(Oc3cccc4c3ccn4CC3CC3)CC2)CCC1=O. The smallest absolute Gasteiger partial charge is 0.222 e. The summed E-state index contributed by atoms with van der Waals surface area (Å²) in [5.74, 6) is 2.84. The number of fused-ring (bicyclic) bond motifs is 1. The fourth-order valence-electron chi connectivity index (χ4n) is 5.04. The van der Waals surface area contributed by atoms with Crippen LogP contribution in [0.4, 0.5) is 0 Å². The van der Waals surface area contributed by atoms with E-state index in [4.69, 9.17) is 4.74 Å². The molecule has 3 aliphatic rings. The van der Waals surface area contributed by atoms with Gasteiger partial charge in [0.15, 0.2) is 0 Å². The summed E-state index contributed by atoms with van der Waals surface area (Å²) in [6.07, 6.45) is 9.21. The lowest BCUT2D eigenvalue weighted by atomic mass is 9.96. The number of hydrogen-bond donors (Lipinski definition) is 0. The number of aromatic nitrogens is 1. The van der Waals surface area contributed by atoms with Crippen molar-refractivity contribution in [3.05, 3.63) is 30.5 Å². The Balaban J connectivity index is 1.16. The highest BCUT2D eigenvalue weighted by molar-refractivity contribution is 5.86. The van der Waals surface area contributed by atoms with Gasteiger partial charge in [-0.2, -0.15) is 0 Å². The Kier molecular flexibility index (Phi) is 5.25. The molecule has 2 saturated heterocycles. The molecule has 0 N–H and O–H groups in total. The summed E-state index contributed by atoms with van der Waals surface area (Å²) in [6, 6.07) is 8.71. The zero-order chi connectivity index (χ0) is 19.8. The number of carbonyl (C=O) groups excluding carboxylic acids is 1. The van der Waals surface area contributed by atoms with Gasteiger partial charge in [0.05, 0.1) is 5.52 Å². The first-order chi connectivity index (χ1) is 14.2. The van der Waals surface area contributed by atoms with Crippen molar-refractivity contribution in [1.29, 1.82) is 0 Å². The summed E-state index contributed by atoms with van der Waals surface area (Å²) in [7, 11) is 1.94. The molecule has 5 heteroatoms. The lowest BCUT2D eigenvalue weighted by Gasteiger charge is -2.37. The van der Waals surface area contributed by atoms with Gasteiger partial charge in [-0.1, -0.05) is 6.07 Å². The quantitative estimate of drug-likeness (QED) is 0.747. The van der Waals surface area contributed by atoms with E-state index in [0.717, 1.165) is 63.7 Å². The number of hydrogen-bond acceptors (Lipinski definition) is 3. The van der Waals surface area contributed by atoms with Crippen molar-refractivity contribution in [2.24, 2.45) is 11.8 Å². The Bertz CT molecular complexity index is 864. The average molecular weight is 396 g/mol. The molecule has 0 bridgehead atoms. The average Bonchev–Trinajstić information content (AvgIpc) is 3.45. The Morgan fingerprint density at radius 2 is 1.83 bits per heavy atom. The van der Waals surface area contributed by atoms with Crippen LogP contribution < -0.4 is 4.74 Å². The molecule has 1 unspecified atom stereocenters. The molecule has 3 heterocycles. The van der Waals surface area contributed by atoms with E-state index in [1.54, 1.807) is 0 Å². The van der Waals surface area contributed by atoms with Crippen molar-refractivity contribution in [2.45, 2.75) is 51.2 Å². The minimum absolute atomic E-state index is 0.300. The number of piperidine rings is 2. The molecule has 1 aromatic heterocycles. The first kappa shape index (κ1) is 19.0. The number of ether oxygens (including phenoxy) is 1. The minimum atomic E-state index is 0.300. The second-order valence-corrected chi connectivity index (χ2v) is 9.40. The number of nitrogens with zero attached hydrogens (tertiary/aromatic N) is 3. The first-order valence-corrected chi connectivity index (χ1v) is 11.4. The number of benzene rings is 1. The lowest BCUT2D eigenvalue weighted by molar-refractivity contribution is -0.133. The summed E-state index contributed by atoms with van der Waals surface area (Å²) >= 11 is 0.